The molecule has 10 heteroatoms. The topological polar surface area (TPSA) is 108 Å². The predicted molar refractivity (Wildman–Crippen MR) is 132 cm³/mol. The molecule has 35 heavy (non-hydrogen) atoms. The first-order valence-electron chi connectivity index (χ1n) is 11.9. The highest BCUT2D eigenvalue weighted by molar-refractivity contribution is 5.97. The van der Waals surface area contributed by atoms with Crippen LogP contribution in [0.1, 0.15) is 50.5 Å². The lowest BCUT2D eigenvalue weighted by Crippen LogP contribution is -2.42. The van der Waals surface area contributed by atoms with Crippen molar-refractivity contribution in [2.45, 2.75) is 52.7 Å². The molecule has 0 amide bonds. The summed E-state index contributed by atoms with van der Waals surface area (Å²) in [6, 6.07) is 7.33. The van der Waals surface area contributed by atoms with Crippen LogP contribution in [0.2, 0.25) is 0 Å². The quantitative estimate of drug-likeness (QED) is 0.403. The second kappa shape index (κ2) is 9.69. The molecule has 10 nitrogen and oxygen atoms in total. The number of nitrogens with two attached hydrogens (primary N) is 1. The first-order chi connectivity index (χ1) is 16.6. The number of hydrogen-bond acceptors (Lipinski definition) is 8. The number of anilines is 2. The van der Waals surface area contributed by atoms with Crippen LogP contribution in [0.4, 0.5) is 11.6 Å². The molecule has 0 spiro atoms. The molecule has 1 aliphatic heterocycles. The Morgan fingerprint density at radius 2 is 1.94 bits per heavy atom. The Labute approximate surface area is 205 Å². The van der Waals surface area contributed by atoms with Gasteiger partial charge in [0, 0.05) is 36.3 Å². The van der Waals surface area contributed by atoms with Gasteiger partial charge >= 0.3 is 5.95 Å². The molecule has 0 radical (unpaired) electrons. The Bertz CT molecular complexity index is 1220. The van der Waals surface area contributed by atoms with Crippen LogP contribution in [0.3, 0.4) is 0 Å². The lowest BCUT2D eigenvalue weighted by atomic mass is 9.84. The van der Waals surface area contributed by atoms with Crippen LogP contribution in [0.25, 0.3) is 5.65 Å². The fraction of sp³-hybridized carbons (Fsp3) is 0.520. The zero-order chi connectivity index (χ0) is 25.3. The minimum atomic E-state index is -0.228. The molecule has 2 aromatic heterocycles. The summed E-state index contributed by atoms with van der Waals surface area (Å²) in [7, 11) is 1.67. The van der Waals surface area contributed by atoms with Crippen LogP contribution < -0.4 is 24.8 Å². The van der Waals surface area contributed by atoms with E-state index in [1.54, 1.807) is 19.2 Å². The van der Waals surface area contributed by atoms with Gasteiger partial charge in [-0.15, -0.1) is 4.68 Å². The van der Waals surface area contributed by atoms with Crippen molar-refractivity contribution in [3.05, 3.63) is 35.4 Å². The second-order valence-electron chi connectivity index (χ2n) is 9.97. The molecule has 1 fully saturated rings. The van der Waals surface area contributed by atoms with E-state index in [1.165, 1.54) is 9.20 Å². The van der Waals surface area contributed by atoms with E-state index in [4.69, 9.17) is 19.9 Å². The molecule has 3 aromatic rings. The number of rotatable bonds is 7. The number of Topliss-reactive ketones (excluding diaryl/α,β-unsaturated/α-hetero) is 1. The molecule has 1 aliphatic rings. The first kappa shape index (κ1) is 24.7. The maximum Gasteiger partial charge on any atom is 0.401 e. The zero-order valence-electron chi connectivity index (χ0n) is 21.4. The Morgan fingerprint density at radius 1 is 1.23 bits per heavy atom. The maximum atomic E-state index is 13.5. The van der Waals surface area contributed by atoms with Gasteiger partial charge in [-0.1, -0.05) is 35.5 Å². The van der Waals surface area contributed by atoms with Gasteiger partial charge in [0.2, 0.25) is 5.88 Å². The second-order valence-corrected chi connectivity index (χ2v) is 9.97. The molecule has 3 heterocycles. The summed E-state index contributed by atoms with van der Waals surface area (Å²) in [6.45, 7) is 12.9. The number of morpholine rings is 1. The number of aromatic nitrogens is 4. The summed E-state index contributed by atoms with van der Waals surface area (Å²) in [6.07, 6.45) is -0.0221. The normalized spacial score (nSPS) is 14.5. The molecule has 0 aliphatic carbocycles. The number of methoxy groups -OCH3 is 1. The molecule has 188 valence electrons. The van der Waals surface area contributed by atoms with Crippen LogP contribution in [-0.2, 0) is 16.7 Å². The summed E-state index contributed by atoms with van der Waals surface area (Å²) >= 11 is 0. The third kappa shape index (κ3) is 5.17. The van der Waals surface area contributed by atoms with Gasteiger partial charge in [0.05, 0.1) is 32.1 Å². The molecule has 4 rings (SSSR count). The summed E-state index contributed by atoms with van der Waals surface area (Å²) in [4.78, 5) is 15.7. The fourth-order valence-electron chi connectivity index (χ4n) is 4.16. The standard InChI is InChI=1S/C25H34N6O4/c1-16(2)35-22-8-7-21-27-30(24(26)31(21)28-22)15-20(32)17-13-18(25(3,4)5)23(33-6)19(14-17)29-9-11-34-12-10-29/h7-8,13-14,16,26H,9-12,15H2,1-6H3/p+1. The SMILES string of the molecule is COc1c(N2CCOCC2)cc(C(=O)C[n+]2nc3ccc(OC(C)C)nn3c2N)cc1C(C)(C)C. The first-order valence-corrected chi connectivity index (χ1v) is 11.9. The minimum absolute atomic E-state index is 0.0198. The number of nitrogen functional groups attached to an aromatic ring is 1. The number of fused-ring (bicyclic) bond motifs is 1. The number of carbonyl (C=O) groups is 1. The molecule has 2 N–H and O–H groups in total. The van der Waals surface area contributed by atoms with Gasteiger partial charge in [-0.25, -0.2) is 0 Å². The number of nitrogens with zero attached hydrogens (tertiary/aromatic N) is 5. The number of hydrogen-bond donors (Lipinski definition) is 1. The maximum absolute atomic E-state index is 13.5. The highest BCUT2D eigenvalue weighted by atomic mass is 16.5. The Hall–Kier alpha value is -3.40. The van der Waals surface area contributed by atoms with Crippen molar-refractivity contribution in [2.75, 3.05) is 44.0 Å². The minimum Gasteiger partial charge on any atom is -0.494 e. The molecular formula is C25H35N6O4+. The van der Waals surface area contributed by atoms with Crippen molar-refractivity contribution in [1.29, 1.82) is 0 Å². The molecule has 1 saturated heterocycles. The largest absolute Gasteiger partial charge is 0.494 e. The molecular weight excluding hydrogens is 448 g/mol. The lowest BCUT2D eigenvalue weighted by Gasteiger charge is -2.33. The van der Waals surface area contributed by atoms with Crippen LogP contribution in [0, 0.1) is 0 Å². The molecule has 0 unspecified atom stereocenters. The van der Waals surface area contributed by atoms with E-state index in [2.05, 4.69) is 35.9 Å². The van der Waals surface area contributed by atoms with E-state index in [-0.39, 0.29) is 29.8 Å². The lowest BCUT2D eigenvalue weighted by molar-refractivity contribution is -0.723. The van der Waals surface area contributed by atoms with E-state index in [0.29, 0.717) is 30.3 Å². The average Bonchev–Trinajstić information content (AvgIpc) is 3.12. The summed E-state index contributed by atoms with van der Waals surface area (Å²) < 4.78 is 20.0. The van der Waals surface area contributed by atoms with Gasteiger partial charge in [0.1, 0.15) is 5.75 Å². The summed E-state index contributed by atoms with van der Waals surface area (Å²) in [5.41, 5.74) is 9.06. The third-order valence-electron chi connectivity index (χ3n) is 5.90. The highest BCUT2D eigenvalue weighted by Gasteiger charge is 2.28. The zero-order valence-corrected chi connectivity index (χ0v) is 21.4. The number of benzene rings is 1. The smallest absolute Gasteiger partial charge is 0.401 e. The van der Waals surface area contributed by atoms with Crippen LogP contribution in [0.15, 0.2) is 24.3 Å². The van der Waals surface area contributed by atoms with Crippen molar-refractivity contribution in [3.63, 3.8) is 0 Å². The summed E-state index contributed by atoms with van der Waals surface area (Å²) in [5, 5.41) is 8.88. The van der Waals surface area contributed by atoms with E-state index >= 15 is 0 Å². The van der Waals surface area contributed by atoms with E-state index in [9.17, 15) is 4.79 Å². The van der Waals surface area contributed by atoms with E-state index < -0.39 is 0 Å². The van der Waals surface area contributed by atoms with Crippen molar-refractivity contribution >= 4 is 23.1 Å². The number of ketones is 1. The van der Waals surface area contributed by atoms with E-state index in [1.807, 2.05) is 26.0 Å². The molecule has 0 bridgehead atoms. The molecule has 0 atom stereocenters. The van der Waals surface area contributed by atoms with Crippen molar-refractivity contribution in [2.24, 2.45) is 0 Å². The molecule has 0 saturated carbocycles. The summed E-state index contributed by atoms with van der Waals surface area (Å²) in [5.74, 6) is 1.37. The monoisotopic (exact) mass is 483 g/mol. The predicted octanol–water partition coefficient (Wildman–Crippen LogP) is 2.41. The fourth-order valence-corrected chi connectivity index (χ4v) is 4.16. The number of carbonyl (C=O) groups excluding carboxylic acids is 1. The Balaban J connectivity index is 1.71. The third-order valence-corrected chi connectivity index (χ3v) is 5.90. The Morgan fingerprint density at radius 3 is 2.57 bits per heavy atom. The molecule has 1 aromatic carbocycles. The van der Waals surface area contributed by atoms with Gasteiger partial charge in [-0.3, -0.25) is 10.5 Å². The van der Waals surface area contributed by atoms with Crippen LogP contribution in [0.5, 0.6) is 11.6 Å². The van der Waals surface area contributed by atoms with Gasteiger partial charge in [0.25, 0.3) is 5.65 Å². The van der Waals surface area contributed by atoms with Crippen LogP contribution in [-0.4, -0.2) is 60.0 Å². The highest BCUT2D eigenvalue weighted by Crippen LogP contribution is 2.40. The average molecular weight is 484 g/mol. The van der Waals surface area contributed by atoms with Crippen LogP contribution >= 0.6 is 0 Å². The van der Waals surface area contributed by atoms with Crippen molar-refractivity contribution in [1.82, 2.24) is 14.7 Å². The van der Waals surface area contributed by atoms with Gasteiger partial charge in [-0.2, -0.15) is 0 Å². The van der Waals surface area contributed by atoms with E-state index in [0.717, 1.165) is 30.1 Å². The van der Waals surface area contributed by atoms with Gasteiger partial charge in [-0.05, 0) is 31.4 Å². The van der Waals surface area contributed by atoms with Gasteiger partial charge in [0.15, 0.2) is 12.3 Å². The number of ether oxygens (including phenoxy) is 3. The van der Waals surface area contributed by atoms with Crippen molar-refractivity contribution in [3.8, 4) is 11.6 Å². The Kier molecular flexibility index (Phi) is 6.84. The van der Waals surface area contributed by atoms with Crippen molar-refractivity contribution < 1.29 is 23.7 Å². The van der Waals surface area contributed by atoms with Gasteiger partial charge < -0.3 is 19.1 Å².